The van der Waals surface area contributed by atoms with Crippen molar-refractivity contribution in [3.8, 4) is 11.5 Å². The SMILES string of the molecule is CCC(Oc1cccc(OC)c1)C(=O)NC1CC2CCC1C2. The van der Waals surface area contributed by atoms with Gasteiger partial charge in [-0.3, -0.25) is 4.79 Å². The summed E-state index contributed by atoms with van der Waals surface area (Å²) >= 11 is 0. The van der Waals surface area contributed by atoms with Gasteiger partial charge in [0.25, 0.3) is 5.91 Å². The number of carbonyl (C=O) groups excluding carboxylic acids is 1. The van der Waals surface area contributed by atoms with Crippen molar-refractivity contribution in [3.63, 3.8) is 0 Å². The van der Waals surface area contributed by atoms with Gasteiger partial charge in [-0.25, -0.2) is 0 Å². The average Bonchev–Trinajstić information content (AvgIpc) is 3.15. The molecule has 3 rings (SSSR count). The molecular weight excluding hydrogens is 278 g/mol. The number of fused-ring (bicyclic) bond motifs is 2. The molecule has 2 saturated carbocycles. The number of ether oxygens (including phenoxy) is 2. The molecule has 1 aromatic carbocycles. The Balaban J connectivity index is 1.59. The Morgan fingerprint density at radius 3 is 2.77 bits per heavy atom. The van der Waals surface area contributed by atoms with Crippen molar-refractivity contribution in [2.45, 2.75) is 51.2 Å². The molecule has 0 heterocycles. The van der Waals surface area contributed by atoms with Gasteiger partial charge in [-0.05, 0) is 49.7 Å². The third-order valence-corrected chi connectivity index (χ3v) is 5.05. The van der Waals surface area contributed by atoms with Crippen molar-refractivity contribution in [1.29, 1.82) is 0 Å². The summed E-state index contributed by atoms with van der Waals surface area (Å²) in [6.45, 7) is 1.98. The fraction of sp³-hybridized carbons (Fsp3) is 0.611. The zero-order valence-electron chi connectivity index (χ0n) is 13.4. The standard InChI is InChI=1S/C18H25NO3/c1-3-17(22-15-6-4-5-14(11-15)21-2)18(20)19-16-10-12-7-8-13(16)9-12/h4-6,11-13,16-17H,3,7-10H2,1-2H3,(H,19,20). The minimum Gasteiger partial charge on any atom is -0.497 e. The van der Waals surface area contributed by atoms with E-state index in [1.165, 1.54) is 19.3 Å². The number of hydrogen-bond acceptors (Lipinski definition) is 3. The summed E-state index contributed by atoms with van der Waals surface area (Å²) in [7, 11) is 1.62. The van der Waals surface area contributed by atoms with Gasteiger partial charge in [-0.15, -0.1) is 0 Å². The molecule has 1 aromatic rings. The van der Waals surface area contributed by atoms with E-state index < -0.39 is 6.10 Å². The van der Waals surface area contributed by atoms with Crippen LogP contribution in [-0.2, 0) is 4.79 Å². The predicted molar refractivity (Wildman–Crippen MR) is 85.1 cm³/mol. The average molecular weight is 303 g/mol. The number of carbonyl (C=O) groups is 1. The van der Waals surface area contributed by atoms with Gasteiger partial charge < -0.3 is 14.8 Å². The van der Waals surface area contributed by atoms with Gasteiger partial charge in [0, 0.05) is 12.1 Å². The van der Waals surface area contributed by atoms with Crippen molar-refractivity contribution in [2.24, 2.45) is 11.8 Å². The predicted octanol–water partition coefficient (Wildman–Crippen LogP) is 3.16. The van der Waals surface area contributed by atoms with Crippen LogP contribution in [0.15, 0.2) is 24.3 Å². The molecule has 120 valence electrons. The minimum atomic E-state index is -0.439. The lowest BCUT2D eigenvalue weighted by atomic mass is 9.95. The highest BCUT2D eigenvalue weighted by Crippen LogP contribution is 2.44. The van der Waals surface area contributed by atoms with Crippen molar-refractivity contribution >= 4 is 5.91 Å². The highest BCUT2D eigenvalue weighted by Gasteiger charge is 2.40. The maximum atomic E-state index is 12.5. The van der Waals surface area contributed by atoms with Crippen LogP contribution in [0.2, 0.25) is 0 Å². The largest absolute Gasteiger partial charge is 0.497 e. The molecule has 0 radical (unpaired) electrons. The lowest BCUT2D eigenvalue weighted by molar-refractivity contribution is -0.129. The monoisotopic (exact) mass is 303 g/mol. The number of rotatable bonds is 6. The lowest BCUT2D eigenvalue weighted by Gasteiger charge is -2.25. The molecule has 2 aliphatic carbocycles. The van der Waals surface area contributed by atoms with Crippen molar-refractivity contribution in [3.05, 3.63) is 24.3 Å². The van der Waals surface area contributed by atoms with E-state index in [-0.39, 0.29) is 5.91 Å². The summed E-state index contributed by atoms with van der Waals surface area (Å²) in [6.07, 6.45) is 5.26. The molecule has 1 N–H and O–H groups in total. The first-order valence-corrected chi connectivity index (χ1v) is 8.30. The highest BCUT2D eigenvalue weighted by molar-refractivity contribution is 5.81. The number of hydrogen-bond donors (Lipinski definition) is 1. The molecule has 4 nitrogen and oxygen atoms in total. The Bertz CT molecular complexity index is 531. The van der Waals surface area contributed by atoms with Crippen LogP contribution in [0.25, 0.3) is 0 Å². The summed E-state index contributed by atoms with van der Waals surface area (Å²) in [6, 6.07) is 7.76. The van der Waals surface area contributed by atoms with Gasteiger partial charge in [0.05, 0.1) is 7.11 Å². The van der Waals surface area contributed by atoms with Crippen LogP contribution in [0.1, 0.15) is 39.0 Å². The Kier molecular flexibility index (Phi) is 4.55. The van der Waals surface area contributed by atoms with Crippen LogP contribution in [-0.4, -0.2) is 25.2 Å². The van der Waals surface area contributed by atoms with Crippen molar-refractivity contribution < 1.29 is 14.3 Å². The molecule has 0 saturated heterocycles. The van der Waals surface area contributed by atoms with Crippen molar-refractivity contribution in [1.82, 2.24) is 5.32 Å². The molecule has 0 aliphatic heterocycles. The Labute approximate surface area is 132 Å². The molecule has 22 heavy (non-hydrogen) atoms. The summed E-state index contributed by atoms with van der Waals surface area (Å²) < 4.78 is 11.1. The fourth-order valence-electron chi connectivity index (χ4n) is 3.86. The zero-order valence-corrected chi connectivity index (χ0v) is 13.4. The van der Waals surface area contributed by atoms with E-state index in [4.69, 9.17) is 9.47 Å². The molecular formula is C18H25NO3. The maximum Gasteiger partial charge on any atom is 0.261 e. The number of amides is 1. The second-order valence-electron chi connectivity index (χ2n) is 6.48. The second kappa shape index (κ2) is 6.59. The smallest absolute Gasteiger partial charge is 0.261 e. The van der Waals surface area contributed by atoms with E-state index in [9.17, 15) is 4.79 Å². The van der Waals surface area contributed by atoms with Crippen molar-refractivity contribution in [2.75, 3.05) is 7.11 Å². The quantitative estimate of drug-likeness (QED) is 0.878. The summed E-state index contributed by atoms with van der Waals surface area (Å²) in [5.74, 6) is 2.94. The molecule has 4 heteroatoms. The molecule has 1 amide bonds. The molecule has 0 aromatic heterocycles. The van der Waals surface area contributed by atoms with E-state index in [0.29, 0.717) is 24.1 Å². The van der Waals surface area contributed by atoms with Gasteiger partial charge in [-0.2, -0.15) is 0 Å². The zero-order chi connectivity index (χ0) is 15.5. The maximum absolute atomic E-state index is 12.5. The third kappa shape index (κ3) is 3.21. The van der Waals surface area contributed by atoms with E-state index in [2.05, 4.69) is 5.32 Å². The lowest BCUT2D eigenvalue weighted by Crippen LogP contribution is -2.45. The van der Waals surface area contributed by atoms with Crippen LogP contribution in [0.5, 0.6) is 11.5 Å². The van der Waals surface area contributed by atoms with Gasteiger partial charge in [0.15, 0.2) is 6.10 Å². The normalized spacial score (nSPS) is 27.5. The number of methoxy groups -OCH3 is 1. The third-order valence-electron chi connectivity index (χ3n) is 5.05. The van der Waals surface area contributed by atoms with Gasteiger partial charge in [0.2, 0.25) is 0 Å². The molecule has 4 unspecified atom stereocenters. The Morgan fingerprint density at radius 2 is 2.14 bits per heavy atom. The van der Waals surface area contributed by atoms with Crippen LogP contribution in [0.3, 0.4) is 0 Å². The van der Waals surface area contributed by atoms with Crippen LogP contribution < -0.4 is 14.8 Å². The highest BCUT2D eigenvalue weighted by atomic mass is 16.5. The second-order valence-corrected chi connectivity index (χ2v) is 6.48. The fourth-order valence-corrected chi connectivity index (χ4v) is 3.86. The van der Waals surface area contributed by atoms with Crippen LogP contribution in [0, 0.1) is 11.8 Å². The number of nitrogens with one attached hydrogen (secondary N) is 1. The van der Waals surface area contributed by atoms with Crippen LogP contribution in [0.4, 0.5) is 0 Å². The first kappa shape index (κ1) is 15.2. The van der Waals surface area contributed by atoms with Gasteiger partial charge in [-0.1, -0.05) is 19.4 Å². The Hall–Kier alpha value is -1.71. The number of benzene rings is 1. The summed E-state index contributed by atoms with van der Waals surface area (Å²) in [5.41, 5.74) is 0. The van der Waals surface area contributed by atoms with E-state index in [1.807, 2.05) is 31.2 Å². The van der Waals surface area contributed by atoms with E-state index in [1.54, 1.807) is 7.11 Å². The molecule has 2 fully saturated rings. The first-order valence-electron chi connectivity index (χ1n) is 8.30. The van der Waals surface area contributed by atoms with E-state index >= 15 is 0 Å². The molecule has 0 spiro atoms. The van der Waals surface area contributed by atoms with Crippen LogP contribution >= 0.6 is 0 Å². The first-order chi connectivity index (χ1) is 10.7. The van der Waals surface area contributed by atoms with Gasteiger partial charge >= 0.3 is 0 Å². The Morgan fingerprint density at radius 1 is 1.32 bits per heavy atom. The topological polar surface area (TPSA) is 47.6 Å². The molecule has 2 aliphatic rings. The van der Waals surface area contributed by atoms with Gasteiger partial charge in [0.1, 0.15) is 11.5 Å². The van der Waals surface area contributed by atoms with E-state index in [0.717, 1.165) is 18.1 Å². The summed E-state index contributed by atoms with van der Waals surface area (Å²) in [4.78, 5) is 12.5. The molecule has 2 bridgehead atoms. The summed E-state index contributed by atoms with van der Waals surface area (Å²) in [5, 5.41) is 3.21. The molecule has 4 atom stereocenters. The minimum absolute atomic E-state index is 0.0165.